The van der Waals surface area contributed by atoms with E-state index in [0.29, 0.717) is 35.6 Å². The maximum atomic E-state index is 13.1. The summed E-state index contributed by atoms with van der Waals surface area (Å²) in [6.45, 7) is 3.98. The van der Waals surface area contributed by atoms with Crippen LogP contribution in [-0.4, -0.2) is 54.0 Å². The van der Waals surface area contributed by atoms with Crippen molar-refractivity contribution in [1.29, 1.82) is 0 Å². The first-order valence-corrected chi connectivity index (χ1v) is 10.9. The van der Waals surface area contributed by atoms with Gasteiger partial charge in [-0.05, 0) is 25.5 Å². The van der Waals surface area contributed by atoms with E-state index in [1.807, 2.05) is 11.8 Å². The zero-order chi connectivity index (χ0) is 18.9. The molecule has 0 amide bonds. The molecule has 0 unspecified atom stereocenters. The van der Waals surface area contributed by atoms with E-state index in [0.717, 1.165) is 24.2 Å². The van der Waals surface area contributed by atoms with Crippen LogP contribution in [0.4, 0.5) is 5.95 Å². The summed E-state index contributed by atoms with van der Waals surface area (Å²) >= 11 is 1.20. The highest BCUT2D eigenvalue weighted by atomic mass is 32.2. The van der Waals surface area contributed by atoms with Crippen molar-refractivity contribution in [3.63, 3.8) is 0 Å². The molecule has 27 heavy (non-hydrogen) atoms. The van der Waals surface area contributed by atoms with Crippen LogP contribution in [0.1, 0.15) is 12.1 Å². The van der Waals surface area contributed by atoms with E-state index >= 15 is 0 Å². The molecule has 1 saturated heterocycles. The van der Waals surface area contributed by atoms with Gasteiger partial charge in [-0.25, -0.2) is 18.4 Å². The number of sulfonamides is 1. The monoisotopic (exact) mass is 405 g/mol. The first kappa shape index (κ1) is 18.1. The Hall–Kier alpha value is -2.30. The molecule has 3 aromatic heterocycles. The average Bonchev–Trinajstić information content (AvgIpc) is 3.25. The maximum Gasteiger partial charge on any atom is 0.252 e. The van der Waals surface area contributed by atoms with Gasteiger partial charge in [-0.3, -0.25) is 0 Å². The highest BCUT2D eigenvalue weighted by molar-refractivity contribution is 7.91. The fourth-order valence-corrected chi connectivity index (χ4v) is 5.79. The third kappa shape index (κ3) is 3.73. The van der Waals surface area contributed by atoms with Gasteiger partial charge in [-0.2, -0.15) is 4.31 Å². The van der Waals surface area contributed by atoms with Gasteiger partial charge < -0.3 is 9.42 Å². The van der Waals surface area contributed by atoms with E-state index in [9.17, 15) is 8.42 Å². The van der Waals surface area contributed by atoms with Crippen molar-refractivity contribution in [3.8, 4) is 11.3 Å². The van der Waals surface area contributed by atoms with E-state index < -0.39 is 10.0 Å². The molecule has 142 valence electrons. The van der Waals surface area contributed by atoms with Gasteiger partial charge in [0, 0.05) is 55.6 Å². The molecule has 1 aliphatic heterocycles. The molecule has 0 saturated carbocycles. The Morgan fingerprint density at radius 1 is 1.11 bits per heavy atom. The van der Waals surface area contributed by atoms with Gasteiger partial charge in [0.2, 0.25) is 5.95 Å². The van der Waals surface area contributed by atoms with E-state index in [1.54, 1.807) is 36.0 Å². The molecule has 10 heteroatoms. The van der Waals surface area contributed by atoms with Crippen molar-refractivity contribution < 1.29 is 12.9 Å². The van der Waals surface area contributed by atoms with E-state index in [4.69, 9.17) is 4.52 Å². The van der Waals surface area contributed by atoms with Gasteiger partial charge in [0.05, 0.1) is 5.69 Å². The molecule has 0 atom stereocenters. The first-order chi connectivity index (χ1) is 13.0. The van der Waals surface area contributed by atoms with Crippen molar-refractivity contribution in [2.45, 2.75) is 17.6 Å². The summed E-state index contributed by atoms with van der Waals surface area (Å²) in [5.41, 5.74) is 1.49. The lowest BCUT2D eigenvalue weighted by Gasteiger charge is -2.21. The molecule has 3 aromatic rings. The smallest absolute Gasteiger partial charge is 0.252 e. The predicted octanol–water partition coefficient (Wildman–Crippen LogP) is 2.40. The summed E-state index contributed by atoms with van der Waals surface area (Å²) in [4.78, 5) is 10.5. The quantitative estimate of drug-likeness (QED) is 0.658. The topological polar surface area (TPSA) is 92.4 Å². The minimum absolute atomic E-state index is 0.316. The van der Waals surface area contributed by atoms with E-state index in [1.165, 1.54) is 15.6 Å². The molecule has 4 heterocycles. The molecule has 0 bridgehead atoms. The predicted molar refractivity (Wildman–Crippen MR) is 102 cm³/mol. The highest BCUT2D eigenvalue weighted by Crippen LogP contribution is 2.31. The van der Waals surface area contributed by atoms with Gasteiger partial charge in [0.1, 0.15) is 4.21 Å². The zero-order valence-electron chi connectivity index (χ0n) is 14.8. The van der Waals surface area contributed by atoms with Crippen molar-refractivity contribution in [2.75, 3.05) is 31.1 Å². The summed E-state index contributed by atoms with van der Waals surface area (Å²) in [7, 11) is -3.55. The van der Waals surface area contributed by atoms with Crippen LogP contribution in [-0.2, 0) is 10.0 Å². The van der Waals surface area contributed by atoms with Crippen molar-refractivity contribution in [3.05, 3.63) is 41.7 Å². The summed E-state index contributed by atoms with van der Waals surface area (Å²) in [6, 6.07) is 5.22. The van der Waals surface area contributed by atoms with Gasteiger partial charge >= 0.3 is 0 Å². The van der Waals surface area contributed by atoms with Gasteiger partial charge in [-0.15, -0.1) is 11.3 Å². The third-order valence-corrected chi connectivity index (χ3v) is 7.69. The Bertz CT molecular complexity index is 1020. The molecule has 0 spiro atoms. The van der Waals surface area contributed by atoms with Crippen molar-refractivity contribution in [1.82, 2.24) is 19.4 Å². The number of rotatable bonds is 4. The van der Waals surface area contributed by atoms with Crippen LogP contribution in [0.5, 0.6) is 0 Å². The van der Waals surface area contributed by atoms with Crippen LogP contribution in [0, 0.1) is 6.92 Å². The lowest BCUT2D eigenvalue weighted by atomic mass is 10.2. The number of aryl methyl sites for hydroxylation is 1. The Kier molecular flexibility index (Phi) is 4.94. The Labute approximate surface area is 161 Å². The number of nitrogens with zero attached hydrogens (tertiary/aromatic N) is 5. The number of hydrogen-bond donors (Lipinski definition) is 0. The van der Waals surface area contributed by atoms with E-state index in [-0.39, 0.29) is 0 Å². The van der Waals surface area contributed by atoms with Crippen LogP contribution in [0.3, 0.4) is 0 Å². The highest BCUT2D eigenvalue weighted by Gasteiger charge is 2.29. The summed E-state index contributed by atoms with van der Waals surface area (Å²) in [5, 5.41) is 5.64. The molecule has 4 rings (SSSR count). The molecular formula is C17H19N5O3S2. The number of hydrogen-bond acceptors (Lipinski definition) is 8. The second kappa shape index (κ2) is 7.37. The molecular weight excluding hydrogens is 386 g/mol. The fraction of sp³-hybridized carbons (Fsp3) is 0.353. The standard InChI is InChI=1S/C17H19N5O3S2/c1-13-10-15(25-20-13)14-11-16(26-12-14)27(23,24)22-7-3-6-21(8-9-22)17-18-4-2-5-19-17/h2,4-5,10-12H,3,6-9H2,1H3. The normalized spacial score (nSPS) is 16.4. The molecule has 1 aliphatic rings. The zero-order valence-corrected chi connectivity index (χ0v) is 16.4. The number of aromatic nitrogens is 3. The molecule has 0 radical (unpaired) electrons. The Balaban J connectivity index is 1.51. The Morgan fingerprint density at radius 2 is 1.93 bits per heavy atom. The van der Waals surface area contributed by atoms with Crippen LogP contribution in [0.15, 0.2) is 44.7 Å². The average molecular weight is 406 g/mol. The molecule has 0 N–H and O–H groups in total. The van der Waals surface area contributed by atoms with Gasteiger partial charge in [0.25, 0.3) is 10.0 Å². The summed E-state index contributed by atoms with van der Waals surface area (Å²) in [6.07, 6.45) is 4.11. The minimum Gasteiger partial charge on any atom is -0.356 e. The summed E-state index contributed by atoms with van der Waals surface area (Å²) in [5.74, 6) is 1.21. The second-order valence-corrected chi connectivity index (χ2v) is 9.36. The van der Waals surface area contributed by atoms with Crippen LogP contribution < -0.4 is 4.90 Å². The lowest BCUT2D eigenvalue weighted by molar-refractivity contribution is 0.427. The van der Waals surface area contributed by atoms with Gasteiger partial charge in [-0.1, -0.05) is 5.16 Å². The van der Waals surface area contributed by atoms with Crippen LogP contribution in [0.25, 0.3) is 11.3 Å². The summed E-state index contributed by atoms with van der Waals surface area (Å²) < 4.78 is 33.2. The third-order valence-electron chi connectivity index (χ3n) is 4.37. The largest absolute Gasteiger partial charge is 0.356 e. The maximum absolute atomic E-state index is 13.1. The molecule has 0 aliphatic carbocycles. The van der Waals surface area contributed by atoms with Crippen LogP contribution >= 0.6 is 11.3 Å². The SMILES string of the molecule is Cc1cc(-c2csc(S(=O)(=O)N3CCCN(c4ncccn4)CC3)c2)on1. The van der Waals surface area contributed by atoms with Gasteiger partial charge in [0.15, 0.2) is 5.76 Å². The lowest BCUT2D eigenvalue weighted by Crippen LogP contribution is -2.35. The van der Waals surface area contributed by atoms with Crippen molar-refractivity contribution in [2.24, 2.45) is 0 Å². The number of thiophene rings is 1. The van der Waals surface area contributed by atoms with Crippen LogP contribution in [0.2, 0.25) is 0 Å². The first-order valence-electron chi connectivity index (χ1n) is 8.58. The fourth-order valence-electron chi connectivity index (χ4n) is 3.00. The van der Waals surface area contributed by atoms with Crippen molar-refractivity contribution >= 4 is 27.3 Å². The molecule has 1 fully saturated rings. The second-order valence-electron chi connectivity index (χ2n) is 6.28. The Morgan fingerprint density at radius 3 is 2.67 bits per heavy atom. The van der Waals surface area contributed by atoms with E-state index in [2.05, 4.69) is 15.1 Å². The number of anilines is 1. The molecule has 8 nitrogen and oxygen atoms in total. The minimum atomic E-state index is -3.55. The molecule has 0 aromatic carbocycles.